The molecule has 0 bridgehead atoms. The Kier molecular flexibility index (Phi) is 26.3. The summed E-state index contributed by atoms with van der Waals surface area (Å²) < 4.78 is 55.6. The Morgan fingerprint density at radius 1 is 0.326 bits per heavy atom. The molecule has 0 radical (unpaired) electrons. The number of carbonyl (C=O) groups is 4. The van der Waals surface area contributed by atoms with Crippen molar-refractivity contribution in [3.63, 3.8) is 0 Å². The largest absolute Gasteiger partial charge is 0.319 e. The third-order valence-corrected chi connectivity index (χ3v) is 31.8. The number of hydrogen-bond donors (Lipinski definition) is 4. The topological polar surface area (TPSA) is 323 Å². The highest BCUT2D eigenvalue weighted by molar-refractivity contribution is 5.93. The van der Waals surface area contributed by atoms with Gasteiger partial charge in [0.15, 0.2) is 23.1 Å². The summed E-state index contributed by atoms with van der Waals surface area (Å²) in [5, 5.41) is 21.5. The Labute approximate surface area is 767 Å². The summed E-state index contributed by atoms with van der Waals surface area (Å²) in [5.74, 6) is 10.7. The van der Waals surface area contributed by atoms with Crippen molar-refractivity contribution in [3.8, 4) is 36.8 Å². The maximum absolute atomic E-state index is 13.9. The number of Topliss-reactive ketones (excluding diaryl/α,β-unsaturated/α-hetero) is 4. The number of terminal acetylenes is 2. The van der Waals surface area contributed by atoms with Crippen molar-refractivity contribution in [2.45, 2.75) is 202 Å². The average Bonchev–Trinajstić information content (AvgIpc) is 1.62. The smallest absolute Gasteiger partial charge is 0.158 e. The highest BCUT2D eigenvalue weighted by atomic mass is 19.1. The summed E-state index contributed by atoms with van der Waals surface area (Å²) in [7, 11) is 0. The minimum absolute atomic E-state index is 0.00293. The molecule has 20 atom stereocenters. The van der Waals surface area contributed by atoms with Crippen LogP contribution in [0.3, 0.4) is 0 Å². The van der Waals surface area contributed by atoms with Crippen molar-refractivity contribution in [1.82, 2.24) is 39.9 Å². The Balaban J connectivity index is 0.000000123. The number of rotatable bonds is 20. The Morgan fingerprint density at radius 3 is 0.848 bits per heavy atom. The number of carbonyl (C=O) groups excluding carboxylic acids is 4. The summed E-state index contributed by atoms with van der Waals surface area (Å²) in [6.07, 6.45) is 41.3. The fourth-order valence-corrected chi connectivity index (χ4v) is 24.2. The van der Waals surface area contributed by atoms with Crippen LogP contribution < -0.4 is 22.9 Å². The van der Waals surface area contributed by atoms with Crippen molar-refractivity contribution in [2.75, 3.05) is 0 Å². The van der Waals surface area contributed by atoms with E-state index in [1.165, 1.54) is 52.7 Å². The van der Waals surface area contributed by atoms with Crippen LogP contribution in [0, 0.1) is 142 Å². The minimum atomic E-state index is -0.901. The average molecular weight is 1770 g/mol. The van der Waals surface area contributed by atoms with Crippen LogP contribution in [0.2, 0.25) is 0 Å². The molecule has 4 aromatic carbocycles. The van der Waals surface area contributed by atoms with Gasteiger partial charge in [0.2, 0.25) is 0 Å². The van der Waals surface area contributed by atoms with Gasteiger partial charge in [-0.2, -0.15) is 10.5 Å². The molecule has 12 unspecified atom stereocenters. The molecule has 8 N–H and O–H groups in total. The molecule has 20 rings (SSSR count). The molecule has 8 aromatic heterocycles. The number of hydrogen-bond acceptors (Lipinski definition) is 18. The van der Waals surface area contributed by atoms with E-state index in [9.17, 15) is 36.7 Å². The van der Waals surface area contributed by atoms with E-state index in [1.54, 1.807) is 110 Å². The summed E-state index contributed by atoms with van der Waals surface area (Å²) in [5.41, 5.74) is 36.2. The molecule has 8 fully saturated rings. The van der Waals surface area contributed by atoms with Gasteiger partial charge in [0.1, 0.15) is 46.8 Å². The van der Waals surface area contributed by atoms with Gasteiger partial charge in [0.25, 0.3) is 0 Å². The number of nitrogens with zero attached hydrogens (tertiary/aromatic N) is 10. The van der Waals surface area contributed by atoms with Gasteiger partial charge in [0, 0.05) is 101 Å². The van der Waals surface area contributed by atoms with E-state index in [1.807, 2.05) is 95.0 Å². The molecule has 22 heteroatoms. The van der Waals surface area contributed by atoms with Gasteiger partial charge in [-0.05, 0) is 392 Å². The fraction of sp³-hybridized carbons (Fsp3) is 0.400. The van der Waals surface area contributed by atoms with Gasteiger partial charge >= 0.3 is 0 Å². The van der Waals surface area contributed by atoms with Crippen molar-refractivity contribution in [2.24, 2.45) is 93.9 Å². The van der Waals surface area contributed by atoms with Crippen LogP contribution in [-0.2, 0) is 44.9 Å². The summed E-state index contributed by atoms with van der Waals surface area (Å²) in [6.45, 7) is 7.50. The zero-order chi connectivity index (χ0) is 92.7. The van der Waals surface area contributed by atoms with Crippen LogP contribution in [0.4, 0.5) is 17.6 Å². The predicted molar refractivity (Wildman–Crippen MR) is 501 cm³/mol. The maximum atomic E-state index is 13.9. The normalized spacial score (nSPS) is 26.0. The Morgan fingerprint density at radius 2 is 0.606 bits per heavy atom. The first-order valence-corrected chi connectivity index (χ1v) is 46.4. The van der Waals surface area contributed by atoms with Gasteiger partial charge in [-0.3, -0.25) is 49.1 Å². The van der Waals surface area contributed by atoms with E-state index in [0.717, 1.165) is 157 Å². The molecule has 0 amide bonds. The van der Waals surface area contributed by atoms with Crippen LogP contribution >= 0.6 is 0 Å². The van der Waals surface area contributed by atoms with Crippen LogP contribution in [0.25, 0.3) is 43.6 Å². The SMILES string of the molecule is C#Cc1ccc(CC(=O)C(C)(N)C2C[C@H]3CC(c4ccnc5ccc(F)cc45)C[C@H]3C2)cn1.C#Cc1ccc(CC(=O)C(C)(N)C2C[C@H]3CC(c4ccnc5ccc(F)cc45)C[C@H]3C2)nc1.CC(N)(C(=O)Cc1ccc(C#N)cn1)C1C[C@H]2CC(c3ccnc4ccc(F)cc34)C[C@H]2C1.CC(N)(C(=O)Cc1ccc(C#N)nc1)C1C[C@H]2CC(c3ccnc4ccc(F)cc34)C[C@H]2C1. The van der Waals surface area contributed by atoms with Gasteiger partial charge in [-0.25, -0.2) is 27.5 Å². The Bertz CT molecular complexity index is 5710. The molecule has 672 valence electrons. The van der Waals surface area contributed by atoms with Crippen LogP contribution in [0.1, 0.15) is 221 Å². The van der Waals surface area contributed by atoms with Crippen molar-refractivity contribution >= 4 is 66.7 Å². The molecule has 0 spiro atoms. The van der Waals surface area contributed by atoms with Gasteiger partial charge in [-0.1, -0.05) is 24.0 Å². The van der Waals surface area contributed by atoms with Crippen molar-refractivity contribution in [1.29, 1.82) is 10.5 Å². The van der Waals surface area contributed by atoms with E-state index < -0.39 is 22.2 Å². The second-order valence-corrected chi connectivity index (χ2v) is 39.9. The minimum Gasteiger partial charge on any atom is -0.319 e. The molecule has 0 saturated heterocycles. The first-order valence-electron chi connectivity index (χ1n) is 46.4. The number of nitrogens with two attached hydrogens (primary N) is 4. The molecular weight excluding hydrogens is 1660 g/mol. The van der Waals surface area contributed by atoms with Crippen LogP contribution in [0.5, 0.6) is 0 Å². The standard InChI is InChI=1S/2C28H28FN3O.2C27H27FN4O/c1-3-23-6-4-17(16-32-23)10-27(33)28(2,30)21-13-18-11-20(12-19(18)14-21)24-8-9-31-26-7-5-22(29)15-25(24)26;1-3-17-4-6-23(32-16-17)15-27(33)28(2,30)21-12-18-10-20(11-19(18)13-21)24-8-9-31-26-7-5-22(29)14-25(24)26;1-27(30,26(33)13-22-4-2-16(14-29)15-32-22)20-10-17-8-19(9-18(17)11-20)23-6-7-31-25-5-3-21(28)12-24(23)25;1-27(30,26(33)8-16-2-4-22(14-29)32-15-16)20-11-17-9-19(10-18(17)12-20)23-6-7-31-25-5-3-21(28)13-24(23)25/h1,4-9,15-16,18-21H,10-14,30H2,2H3;1,4-9,14,16,18-21H,10-13,15,30H2,2H3;2-7,12,15,17-20H,8-11,13,30H2,1H3;2-7,13,15,17-20H,8-12,30H2,1H3/t2*18-,19+,20?,21?,28?;2*17-,18+,19?,20?,27?. The lowest BCUT2D eigenvalue weighted by Crippen LogP contribution is -2.51. The number of halogens is 4. The lowest BCUT2D eigenvalue weighted by Gasteiger charge is -2.31. The predicted octanol–water partition coefficient (Wildman–Crippen LogP) is 19.0. The maximum Gasteiger partial charge on any atom is 0.158 e. The zero-order valence-corrected chi connectivity index (χ0v) is 74.9. The number of ketones is 4. The highest BCUT2D eigenvalue weighted by Gasteiger charge is 2.54. The highest BCUT2D eigenvalue weighted by Crippen LogP contribution is 2.60. The lowest BCUT2D eigenvalue weighted by atomic mass is 9.77. The molecule has 18 nitrogen and oxygen atoms in total. The van der Waals surface area contributed by atoms with E-state index in [0.29, 0.717) is 105 Å². The summed E-state index contributed by atoms with van der Waals surface area (Å²) >= 11 is 0. The molecule has 8 heterocycles. The van der Waals surface area contributed by atoms with Gasteiger partial charge in [-0.15, -0.1) is 12.8 Å². The number of pyridine rings is 8. The Hall–Kier alpha value is -12.5. The number of fused-ring (bicyclic) bond motifs is 8. The fourth-order valence-electron chi connectivity index (χ4n) is 24.2. The van der Waals surface area contributed by atoms with E-state index in [4.69, 9.17) is 46.3 Å². The molecular formula is C110H110F4N14O4. The third kappa shape index (κ3) is 19.3. The van der Waals surface area contributed by atoms with Crippen LogP contribution in [0.15, 0.2) is 195 Å². The molecule has 12 aromatic rings. The molecule has 132 heavy (non-hydrogen) atoms. The van der Waals surface area contributed by atoms with Crippen LogP contribution in [-0.4, -0.2) is 85.2 Å². The first-order chi connectivity index (χ1) is 63.4. The lowest BCUT2D eigenvalue weighted by molar-refractivity contribution is -0.125. The first kappa shape index (κ1) is 91.4. The second kappa shape index (κ2) is 38.0. The molecule has 0 aliphatic heterocycles. The summed E-state index contributed by atoms with van der Waals surface area (Å²) in [4.78, 5) is 86.8. The number of nitriles is 2. The summed E-state index contributed by atoms with van der Waals surface area (Å²) in [6, 6.07) is 45.4. The number of aromatic nitrogens is 8. The quantitative estimate of drug-likeness (QED) is 0.0407. The number of benzene rings is 4. The van der Waals surface area contributed by atoms with E-state index in [-0.39, 0.29) is 95.8 Å². The molecule has 8 aliphatic carbocycles. The van der Waals surface area contributed by atoms with E-state index >= 15 is 0 Å². The zero-order valence-electron chi connectivity index (χ0n) is 74.9. The van der Waals surface area contributed by atoms with Gasteiger partial charge < -0.3 is 22.9 Å². The van der Waals surface area contributed by atoms with Crippen molar-refractivity contribution < 1.29 is 36.7 Å². The van der Waals surface area contributed by atoms with Gasteiger partial charge in [0.05, 0.1) is 62.6 Å². The molecule has 8 saturated carbocycles. The van der Waals surface area contributed by atoms with Crippen molar-refractivity contribution in [3.05, 3.63) is 286 Å². The monoisotopic (exact) mass is 1770 g/mol. The third-order valence-electron chi connectivity index (χ3n) is 31.8. The second-order valence-electron chi connectivity index (χ2n) is 39.9. The van der Waals surface area contributed by atoms with E-state index in [2.05, 4.69) is 51.7 Å². The molecule has 8 aliphatic rings.